The average Bonchev–Trinajstić information content (AvgIpc) is 2.40. The van der Waals surface area contributed by atoms with Gasteiger partial charge in [-0.2, -0.15) is 4.31 Å². The van der Waals surface area contributed by atoms with E-state index in [1.807, 2.05) is 20.9 Å². The Kier molecular flexibility index (Phi) is 6.91. The van der Waals surface area contributed by atoms with Crippen molar-refractivity contribution in [2.24, 2.45) is 5.92 Å². The van der Waals surface area contributed by atoms with Crippen LogP contribution in [-0.2, 0) is 14.8 Å². The van der Waals surface area contributed by atoms with E-state index in [9.17, 15) is 13.2 Å². The van der Waals surface area contributed by atoms with Crippen molar-refractivity contribution in [3.05, 3.63) is 0 Å². The monoisotopic (exact) mass is 305 g/mol. The molecule has 6 nitrogen and oxygen atoms in total. The van der Waals surface area contributed by atoms with E-state index < -0.39 is 10.0 Å². The van der Waals surface area contributed by atoms with Crippen molar-refractivity contribution in [1.29, 1.82) is 0 Å². The fourth-order valence-electron chi connectivity index (χ4n) is 2.30. The van der Waals surface area contributed by atoms with E-state index in [1.165, 1.54) is 4.31 Å². The molecule has 1 saturated heterocycles. The summed E-state index contributed by atoms with van der Waals surface area (Å²) in [6.07, 6.45) is 1.57. The lowest BCUT2D eigenvalue weighted by atomic mass is 10.0. The maximum atomic E-state index is 12.1. The van der Waals surface area contributed by atoms with E-state index >= 15 is 0 Å². The highest BCUT2D eigenvalue weighted by Crippen LogP contribution is 2.08. The fourth-order valence-corrected chi connectivity index (χ4v) is 3.64. The maximum Gasteiger partial charge on any atom is 0.223 e. The molecule has 20 heavy (non-hydrogen) atoms. The van der Waals surface area contributed by atoms with Gasteiger partial charge >= 0.3 is 0 Å². The van der Waals surface area contributed by atoms with Crippen molar-refractivity contribution in [1.82, 2.24) is 14.5 Å². The second-order valence-corrected chi connectivity index (χ2v) is 7.41. The minimum absolute atomic E-state index is 0.0113. The van der Waals surface area contributed by atoms with Crippen LogP contribution in [0.25, 0.3) is 0 Å². The molecule has 1 amide bonds. The lowest BCUT2D eigenvalue weighted by Gasteiger charge is -2.31. The van der Waals surface area contributed by atoms with Gasteiger partial charge in [-0.25, -0.2) is 8.42 Å². The summed E-state index contributed by atoms with van der Waals surface area (Å²) in [5, 5.41) is 2.73. The minimum atomic E-state index is -3.25. The number of piperazine rings is 1. The van der Waals surface area contributed by atoms with Crippen molar-refractivity contribution in [3.63, 3.8) is 0 Å². The van der Waals surface area contributed by atoms with E-state index in [2.05, 4.69) is 10.2 Å². The van der Waals surface area contributed by atoms with Crippen LogP contribution < -0.4 is 5.32 Å². The summed E-state index contributed by atoms with van der Waals surface area (Å²) in [5.74, 6) is -0.0623. The Bertz CT molecular complexity index is 399. The van der Waals surface area contributed by atoms with Gasteiger partial charge in [0.25, 0.3) is 0 Å². The Morgan fingerprint density at radius 1 is 1.15 bits per heavy atom. The first-order valence-corrected chi connectivity index (χ1v) is 8.95. The van der Waals surface area contributed by atoms with Crippen LogP contribution in [0.2, 0.25) is 0 Å². The molecule has 7 heteroatoms. The lowest BCUT2D eigenvalue weighted by Crippen LogP contribution is -2.48. The molecule has 1 heterocycles. The van der Waals surface area contributed by atoms with Gasteiger partial charge in [-0.1, -0.05) is 13.8 Å². The molecule has 1 aliphatic rings. The first-order valence-electron chi connectivity index (χ1n) is 7.34. The van der Waals surface area contributed by atoms with Gasteiger partial charge in [0.1, 0.15) is 0 Å². The van der Waals surface area contributed by atoms with Crippen LogP contribution in [0.3, 0.4) is 0 Å². The molecule has 1 N–H and O–H groups in total. The molecule has 0 unspecified atom stereocenters. The molecule has 0 aromatic heterocycles. The number of nitrogens with one attached hydrogen (secondary N) is 1. The number of hydrogen-bond donors (Lipinski definition) is 1. The topological polar surface area (TPSA) is 69.7 Å². The van der Waals surface area contributed by atoms with E-state index in [1.54, 1.807) is 0 Å². The molecule has 1 fully saturated rings. The molecule has 0 aromatic rings. The van der Waals surface area contributed by atoms with Gasteiger partial charge in [0, 0.05) is 38.6 Å². The first-order chi connectivity index (χ1) is 9.40. The third-order valence-electron chi connectivity index (χ3n) is 3.87. The van der Waals surface area contributed by atoms with Crippen LogP contribution in [-0.4, -0.2) is 69.1 Å². The second kappa shape index (κ2) is 7.95. The molecule has 0 aliphatic carbocycles. The number of rotatable bonds is 7. The maximum absolute atomic E-state index is 12.1. The Morgan fingerprint density at radius 3 is 2.20 bits per heavy atom. The average molecular weight is 305 g/mol. The van der Waals surface area contributed by atoms with E-state index in [0.717, 1.165) is 25.9 Å². The summed E-state index contributed by atoms with van der Waals surface area (Å²) in [5.41, 5.74) is 0. The van der Waals surface area contributed by atoms with Crippen molar-refractivity contribution >= 4 is 15.9 Å². The Hall–Kier alpha value is -0.660. The largest absolute Gasteiger partial charge is 0.355 e. The number of likely N-dealkylation sites (N-methyl/N-ethyl adjacent to an activating group) is 1. The van der Waals surface area contributed by atoms with Gasteiger partial charge in [0.05, 0.1) is 5.75 Å². The van der Waals surface area contributed by atoms with Crippen molar-refractivity contribution < 1.29 is 13.2 Å². The quantitative estimate of drug-likeness (QED) is 0.725. The van der Waals surface area contributed by atoms with Gasteiger partial charge in [-0.05, 0) is 19.9 Å². The zero-order chi connectivity index (χ0) is 15.2. The molecule has 0 radical (unpaired) electrons. The number of nitrogens with zero attached hydrogens (tertiary/aromatic N) is 2. The van der Waals surface area contributed by atoms with Gasteiger partial charge in [-0.15, -0.1) is 0 Å². The molecule has 118 valence electrons. The highest BCUT2D eigenvalue weighted by molar-refractivity contribution is 7.89. The third-order valence-corrected chi connectivity index (χ3v) is 5.74. The summed E-state index contributed by atoms with van der Waals surface area (Å²) in [6.45, 7) is 6.74. The molecule has 0 aromatic carbocycles. The summed E-state index contributed by atoms with van der Waals surface area (Å²) >= 11 is 0. The number of hydrogen-bond acceptors (Lipinski definition) is 4. The predicted octanol–water partition coefficient (Wildman–Crippen LogP) is 0.116. The highest BCUT2D eigenvalue weighted by Gasteiger charge is 2.25. The first kappa shape index (κ1) is 17.4. The molecule has 0 saturated carbocycles. The van der Waals surface area contributed by atoms with E-state index in [4.69, 9.17) is 0 Å². The Balaban J connectivity index is 2.38. The van der Waals surface area contributed by atoms with Gasteiger partial charge in [0.2, 0.25) is 15.9 Å². The zero-order valence-electron chi connectivity index (χ0n) is 12.8. The van der Waals surface area contributed by atoms with Gasteiger partial charge < -0.3 is 10.2 Å². The number of carbonyl (C=O) groups excluding carboxylic acids is 1. The SMILES string of the molecule is CCC(CC)C(=O)NCCS(=O)(=O)N1CCN(C)CC1. The Morgan fingerprint density at radius 2 is 1.70 bits per heavy atom. The Labute approximate surface area is 122 Å². The van der Waals surface area contributed by atoms with E-state index in [0.29, 0.717) is 13.1 Å². The molecule has 0 spiro atoms. The molecular formula is C13H27N3O3S. The van der Waals surface area contributed by atoms with Crippen LogP contribution in [0.15, 0.2) is 0 Å². The normalized spacial score (nSPS) is 18.4. The van der Waals surface area contributed by atoms with Crippen LogP contribution >= 0.6 is 0 Å². The summed E-state index contributed by atoms with van der Waals surface area (Å²) in [4.78, 5) is 13.9. The highest BCUT2D eigenvalue weighted by atomic mass is 32.2. The third kappa shape index (κ3) is 5.03. The number of sulfonamides is 1. The summed E-state index contributed by atoms with van der Waals surface area (Å²) in [6, 6.07) is 0. The smallest absolute Gasteiger partial charge is 0.223 e. The van der Waals surface area contributed by atoms with Crippen LogP contribution in [0, 0.1) is 5.92 Å². The number of carbonyl (C=O) groups is 1. The number of amides is 1. The van der Waals surface area contributed by atoms with Crippen molar-refractivity contribution in [3.8, 4) is 0 Å². The molecule has 1 rings (SSSR count). The van der Waals surface area contributed by atoms with Crippen LogP contribution in [0.1, 0.15) is 26.7 Å². The zero-order valence-corrected chi connectivity index (χ0v) is 13.6. The molecule has 0 atom stereocenters. The summed E-state index contributed by atoms with van der Waals surface area (Å²) < 4.78 is 25.8. The van der Waals surface area contributed by atoms with Crippen molar-refractivity contribution in [2.75, 3.05) is 45.5 Å². The standard InChI is InChI=1S/C13H27N3O3S/c1-4-12(5-2)13(17)14-6-11-20(18,19)16-9-7-15(3)8-10-16/h12H,4-11H2,1-3H3,(H,14,17). The molecule has 1 aliphatic heterocycles. The van der Waals surface area contributed by atoms with Crippen LogP contribution in [0.4, 0.5) is 0 Å². The van der Waals surface area contributed by atoms with E-state index in [-0.39, 0.29) is 24.1 Å². The molecule has 0 bridgehead atoms. The molecular weight excluding hydrogens is 278 g/mol. The fraction of sp³-hybridized carbons (Fsp3) is 0.923. The minimum Gasteiger partial charge on any atom is -0.355 e. The van der Waals surface area contributed by atoms with Gasteiger partial charge in [-0.3, -0.25) is 4.79 Å². The second-order valence-electron chi connectivity index (χ2n) is 5.32. The van der Waals surface area contributed by atoms with Gasteiger partial charge in [0.15, 0.2) is 0 Å². The van der Waals surface area contributed by atoms with Crippen molar-refractivity contribution in [2.45, 2.75) is 26.7 Å². The summed E-state index contributed by atoms with van der Waals surface area (Å²) in [7, 11) is -1.26. The van der Waals surface area contributed by atoms with Crippen LogP contribution in [0.5, 0.6) is 0 Å². The lowest BCUT2D eigenvalue weighted by molar-refractivity contribution is -0.125. The predicted molar refractivity (Wildman–Crippen MR) is 79.9 cm³/mol.